The maximum atomic E-state index is 12.9. The third kappa shape index (κ3) is 20.7. The summed E-state index contributed by atoms with van der Waals surface area (Å²) in [6.07, 6.45) is 18.0. The summed E-state index contributed by atoms with van der Waals surface area (Å²) in [5.41, 5.74) is 22.1. The Hall–Kier alpha value is -13.3. The van der Waals surface area contributed by atoms with Crippen LogP contribution >= 0.6 is 0 Å². The number of carbonyl (C=O) groups excluding carboxylic acids is 2. The van der Waals surface area contributed by atoms with Crippen molar-refractivity contribution in [2.75, 3.05) is 10.6 Å². The van der Waals surface area contributed by atoms with Crippen LogP contribution in [-0.4, -0.2) is 109 Å². The highest BCUT2D eigenvalue weighted by Crippen LogP contribution is 2.27. The van der Waals surface area contributed by atoms with Crippen molar-refractivity contribution in [3.63, 3.8) is 0 Å². The fourth-order valence-corrected chi connectivity index (χ4v) is 8.63. The van der Waals surface area contributed by atoms with E-state index in [0.29, 0.717) is 34.4 Å². The predicted octanol–water partition coefficient (Wildman–Crippen LogP) is 11.1. The van der Waals surface area contributed by atoms with Gasteiger partial charge in [0.1, 0.15) is 23.8 Å². The first-order chi connectivity index (χ1) is 45.6. The van der Waals surface area contributed by atoms with Crippen molar-refractivity contribution in [1.29, 1.82) is 0 Å². The normalized spacial score (nSPS) is 10.1. The Kier molecular flexibility index (Phi) is 24.1. The topological polar surface area (TPSA) is 351 Å². The van der Waals surface area contributed by atoms with Gasteiger partial charge >= 0.3 is 11.9 Å². The molecule has 26 nitrogen and oxygen atoms in total. The zero-order valence-corrected chi connectivity index (χ0v) is 51.2. The van der Waals surface area contributed by atoms with Crippen LogP contribution in [0.3, 0.4) is 0 Å². The summed E-state index contributed by atoms with van der Waals surface area (Å²) in [5, 5.41) is 49.9. The van der Waals surface area contributed by atoms with Crippen molar-refractivity contribution < 1.29 is 29.4 Å². The van der Waals surface area contributed by atoms with Gasteiger partial charge in [-0.25, -0.2) is 24.0 Å². The molecule has 0 spiro atoms. The van der Waals surface area contributed by atoms with Crippen molar-refractivity contribution in [3.05, 3.63) is 264 Å². The van der Waals surface area contributed by atoms with Crippen molar-refractivity contribution in [2.24, 2.45) is 5.11 Å². The van der Waals surface area contributed by atoms with E-state index in [2.05, 4.69) is 87.9 Å². The number of carbonyl (C=O) groups is 4. The lowest BCUT2D eigenvalue weighted by Crippen LogP contribution is -2.16. The number of carboxylic acids is 2. The zero-order valence-electron chi connectivity index (χ0n) is 51.2. The summed E-state index contributed by atoms with van der Waals surface area (Å²) in [6, 6.07) is 51.8. The molecule has 468 valence electrons. The van der Waals surface area contributed by atoms with E-state index in [1.165, 1.54) is 4.68 Å². The molecule has 0 aliphatic heterocycles. The van der Waals surface area contributed by atoms with E-state index in [1.807, 2.05) is 167 Å². The zero-order chi connectivity index (χ0) is 66.6. The van der Waals surface area contributed by atoms with E-state index in [4.69, 9.17) is 15.7 Å². The highest BCUT2D eigenvalue weighted by molar-refractivity contribution is 5.92. The minimum Gasteiger partial charge on any atom is -0.481 e. The number of aryl methyl sites for hydroxylation is 4. The van der Waals surface area contributed by atoms with Crippen LogP contribution in [-0.2, 0) is 38.4 Å². The molecule has 26 heteroatoms. The largest absolute Gasteiger partial charge is 0.481 e. The summed E-state index contributed by atoms with van der Waals surface area (Å²) in [4.78, 5) is 72.9. The van der Waals surface area contributed by atoms with Gasteiger partial charge in [-0.1, -0.05) is 118 Å². The SMILES string of the molecule is C#CCC(=O)O.Cc1cc(-n2cc(CC(=O)Nc3ccc(-c4ccccc4)cn3)nn2)ccn1.Cc1cc(-n2cc(CC(=O)O)nn2)ccn1.Cc1cc(-n2nnc(CC(=O)Nc3ccc(-c4ccccc4)cn3)c2-c2ccccc2)ccn1.Cc1cc(N=[N+]=[N-])ccn1. The quantitative estimate of drug-likeness (QED) is 0.0302. The molecule has 94 heavy (non-hydrogen) atoms. The second kappa shape index (κ2) is 33.9. The van der Waals surface area contributed by atoms with Gasteiger partial charge in [0.2, 0.25) is 11.8 Å². The number of aromatic nitrogens is 15. The molecule has 0 aliphatic rings. The van der Waals surface area contributed by atoms with Gasteiger partial charge in [0.05, 0.1) is 65.8 Å². The number of benzene rings is 3. The molecule has 0 atom stereocenters. The van der Waals surface area contributed by atoms with E-state index >= 15 is 0 Å². The molecule has 0 fully saturated rings. The first kappa shape index (κ1) is 66.7. The van der Waals surface area contributed by atoms with Crippen molar-refractivity contribution in [2.45, 2.75) is 53.4 Å². The minimum absolute atomic E-state index is 0.0659. The average molecular weight is 1250 g/mol. The molecule has 0 unspecified atom stereocenters. The van der Waals surface area contributed by atoms with Gasteiger partial charge in [0.15, 0.2) is 0 Å². The van der Waals surface area contributed by atoms with Gasteiger partial charge in [-0.2, -0.15) is 0 Å². The Balaban J connectivity index is 0.000000168. The molecule has 9 aromatic heterocycles. The molecule has 9 heterocycles. The summed E-state index contributed by atoms with van der Waals surface area (Å²) < 4.78 is 4.91. The van der Waals surface area contributed by atoms with Crippen molar-refractivity contribution in [3.8, 4) is 62.9 Å². The molecule has 3 aromatic carbocycles. The Labute approximate surface area is 538 Å². The monoisotopic (exact) mass is 1250 g/mol. The van der Waals surface area contributed by atoms with Crippen LogP contribution < -0.4 is 10.6 Å². The third-order valence-electron chi connectivity index (χ3n) is 12.9. The smallest absolute Gasteiger partial charge is 0.315 e. The summed E-state index contributed by atoms with van der Waals surface area (Å²) in [6.45, 7) is 7.55. The molecule has 12 aromatic rings. The molecule has 0 saturated heterocycles. The molecule has 0 radical (unpaired) electrons. The maximum absolute atomic E-state index is 12.9. The second-order valence-corrected chi connectivity index (χ2v) is 20.2. The lowest BCUT2D eigenvalue weighted by molar-refractivity contribution is -0.137. The van der Waals surface area contributed by atoms with Gasteiger partial charge in [-0.3, -0.25) is 39.1 Å². The van der Waals surface area contributed by atoms with Gasteiger partial charge < -0.3 is 20.8 Å². The Morgan fingerprint density at radius 2 is 0.947 bits per heavy atom. The molecule has 0 aliphatic carbocycles. The Morgan fingerprint density at radius 3 is 1.37 bits per heavy atom. The summed E-state index contributed by atoms with van der Waals surface area (Å²) in [7, 11) is 0. The lowest BCUT2D eigenvalue weighted by Gasteiger charge is -2.09. The summed E-state index contributed by atoms with van der Waals surface area (Å²) in [5.74, 6) is 0.684. The number of aliphatic carboxylic acids is 2. The van der Waals surface area contributed by atoms with Gasteiger partial charge in [-0.05, 0) is 117 Å². The van der Waals surface area contributed by atoms with Crippen molar-refractivity contribution in [1.82, 2.24) is 74.9 Å². The second-order valence-electron chi connectivity index (χ2n) is 20.2. The molecule has 2 amide bonds. The number of azide groups is 1. The number of nitrogens with one attached hydrogen (secondary N) is 2. The maximum Gasteiger partial charge on any atom is 0.315 e. The number of anilines is 2. The molecular weight excluding hydrogens is 1190 g/mol. The third-order valence-corrected chi connectivity index (χ3v) is 12.9. The van der Waals surface area contributed by atoms with Crippen LogP contribution in [0.15, 0.2) is 218 Å². The fourth-order valence-electron chi connectivity index (χ4n) is 8.63. The Morgan fingerprint density at radius 1 is 0.500 bits per heavy atom. The van der Waals surface area contributed by atoms with Crippen LogP contribution in [0, 0.1) is 40.0 Å². The number of carboxylic acid groups (broad SMARTS) is 2. The lowest BCUT2D eigenvalue weighted by atomic mass is 10.1. The summed E-state index contributed by atoms with van der Waals surface area (Å²) >= 11 is 0. The number of hydrogen-bond acceptors (Lipinski definition) is 17. The highest BCUT2D eigenvalue weighted by Gasteiger charge is 2.20. The average Bonchev–Trinajstić information content (AvgIpc) is 1.64. The van der Waals surface area contributed by atoms with E-state index in [1.54, 1.807) is 89.3 Å². The van der Waals surface area contributed by atoms with E-state index < -0.39 is 11.9 Å². The minimum atomic E-state index is -0.947. The van der Waals surface area contributed by atoms with E-state index in [-0.39, 0.29) is 37.5 Å². The molecule has 4 N–H and O–H groups in total. The number of nitrogens with zero attached hydrogens (tertiary/aromatic N) is 18. The van der Waals surface area contributed by atoms with E-state index in [0.717, 1.165) is 73.3 Å². The molecular formula is C68H60N20O6. The van der Waals surface area contributed by atoms with Crippen LogP contribution in [0.4, 0.5) is 17.3 Å². The highest BCUT2D eigenvalue weighted by atomic mass is 16.4. The number of terminal acetylenes is 1. The molecule has 0 saturated carbocycles. The Bertz CT molecular complexity index is 4570. The number of amides is 2. The first-order valence-corrected chi connectivity index (χ1v) is 28.7. The van der Waals surface area contributed by atoms with E-state index in [9.17, 15) is 19.2 Å². The predicted molar refractivity (Wildman–Crippen MR) is 351 cm³/mol. The molecule has 0 bridgehead atoms. The van der Waals surface area contributed by atoms with Crippen LogP contribution in [0.25, 0.3) is 61.0 Å². The molecule has 12 rings (SSSR count). The fraction of sp³-hybridized carbons (Fsp3) is 0.118. The number of pyridine rings is 6. The standard InChI is InChI=1S/C27H22N6O.C21H18N6O.C10H10N4O2.C6H6N4.C4H4O2/c1-19-16-23(14-15-28-19)33-27(21-10-6-3-7-11-21)24(31-32-33)17-26(34)30-25-13-12-22(18-29-25)20-8-4-2-5-9-20;1-15-11-19(9-10-22-15)27-14-18(25-26-27)12-21(28)24-20-8-7-17(13-23-20)16-5-3-2-4-6-16;1-7-4-9(2-3-11-7)14-6-8(12-13-14)5-10(15)16;1-5-4-6(9-10-7)2-3-8-5;1-2-3-4(5)6/h2-16,18H,17H2,1H3,(H,29,30,34);2-11,13-14H,12H2,1H3,(H,23,24,28);2-4,6H,5H2,1H3,(H,15,16);2-4H,1H3;1H,3H2,(H,5,6). The first-order valence-electron chi connectivity index (χ1n) is 28.7. The van der Waals surface area contributed by atoms with Gasteiger partial charge in [-0.15, -0.1) is 21.7 Å². The van der Waals surface area contributed by atoms with Crippen LogP contribution in [0.1, 0.15) is 46.3 Å². The number of rotatable bonds is 16. The number of hydrogen-bond donors (Lipinski definition) is 4. The van der Waals surface area contributed by atoms with Gasteiger partial charge in [0.25, 0.3) is 0 Å². The van der Waals surface area contributed by atoms with Crippen LogP contribution in [0.2, 0.25) is 0 Å². The van der Waals surface area contributed by atoms with Crippen molar-refractivity contribution >= 4 is 41.1 Å². The van der Waals surface area contributed by atoms with Gasteiger partial charge in [0, 0.05) is 87.2 Å². The van der Waals surface area contributed by atoms with Crippen LogP contribution in [0.5, 0.6) is 0 Å².